The highest BCUT2D eigenvalue weighted by atomic mass is 35.5. The molecule has 1 aromatic carbocycles. The molecule has 0 saturated carbocycles. The predicted octanol–water partition coefficient (Wildman–Crippen LogP) is 6.04. The maximum Gasteiger partial charge on any atom is 0.134 e. The zero-order valence-electron chi connectivity index (χ0n) is 18.3. The molecule has 0 spiro atoms. The molecule has 5 nitrogen and oxygen atoms in total. The Hall–Kier alpha value is -2.37. The lowest BCUT2D eigenvalue weighted by Crippen LogP contribution is -2.43. The summed E-state index contributed by atoms with van der Waals surface area (Å²) in [5, 5.41) is 10.4. The summed E-state index contributed by atoms with van der Waals surface area (Å²) >= 11 is 6.01. The van der Waals surface area contributed by atoms with Gasteiger partial charge in [0, 0.05) is 29.8 Å². The number of unbranched alkanes of at least 4 members (excludes halogenated alkanes) is 2. The summed E-state index contributed by atoms with van der Waals surface area (Å²) in [6.07, 6.45) is 10.1. The molecule has 2 aromatic heterocycles. The topological polar surface area (TPSA) is 54.2 Å². The van der Waals surface area contributed by atoms with Crippen LogP contribution in [0.4, 0.5) is 0 Å². The molecule has 0 amide bonds. The third kappa shape index (κ3) is 4.52. The van der Waals surface area contributed by atoms with E-state index in [9.17, 15) is 5.11 Å². The van der Waals surface area contributed by atoms with Crippen LogP contribution in [0.2, 0.25) is 5.02 Å². The van der Waals surface area contributed by atoms with Crippen molar-refractivity contribution in [3.05, 3.63) is 59.8 Å². The Kier molecular flexibility index (Phi) is 7.16. The highest BCUT2D eigenvalue weighted by Gasteiger charge is 2.35. The Balaban J connectivity index is 2.11. The summed E-state index contributed by atoms with van der Waals surface area (Å²) in [6.45, 7) is 7.69. The molecular formula is C24H31ClN4O. The van der Waals surface area contributed by atoms with E-state index in [1.807, 2.05) is 24.4 Å². The number of nitrogens with zero attached hydrogens (tertiary/aromatic N) is 4. The number of aromatic nitrogens is 3. The Bertz CT molecular complexity index is 973. The fourth-order valence-corrected chi connectivity index (χ4v) is 3.83. The van der Waals surface area contributed by atoms with E-state index >= 15 is 0 Å². The number of hydrogen-bond acceptors (Lipinski definition) is 4. The molecule has 0 fully saturated rings. The van der Waals surface area contributed by atoms with Crippen LogP contribution in [0, 0.1) is 0 Å². The van der Waals surface area contributed by atoms with Gasteiger partial charge in [0.15, 0.2) is 0 Å². The minimum atomic E-state index is -0.246. The van der Waals surface area contributed by atoms with E-state index in [-0.39, 0.29) is 11.3 Å². The highest BCUT2D eigenvalue weighted by molar-refractivity contribution is 6.32. The fourth-order valence-electron chi connectivity index (χ4n) is 3.72. The molecule has 3 aromatic rings. The van der Waals surface area contributed by atoms with Gasteiger partial charge in [-0.2, -0.15) is 0 Å². The van der Waals surface area contributed by atoms with Crippen LogP contribution in [0.5, 0.6) is 5.75 Å². The van der Waals surface area contributed by atoms with Crippen molar-refractivity contribution in [3.8, 4) is 22.7 Å². The van der Waals surface area contributed by atoms with Crippen molar-refractivity contribution >= 4 is 11.6 Å². The molecule has 30 heavy (non-hydrogen) atoms. The van der Waals surface area contributed by atoms with Gasteiger partial charge in [0.1, 0.15) is 11.6 Å². The van der Waals surface area contributed by atoms with Crippen molar-refractivity contribution in [2.75, 3.05) is 13.6 Å². The molecule has 0 aliphatic heterocycles. The predicted molar refractivity (Wildman–Crippen MR) is 123 cm³/mol. The maximum atomic E-state index is 10.1. The first-order valence-electron chi connectivity index (χ1n) is 10.6. The fraction of sp³-hybridized carbons (Fsp3) is 0.417. The SMILES string of the molecule is CCCCCN(C)C(C)(CC)c1nc(-c2ccc(Cl)c(O)c2)cn1-c1ccncc1. The van der Waals surface area contributed by atoms with Gasteiger partial charge < -0.3 is 9.67 Å². The summed E-state index contributed by atoms with van der Waals surface area (Å²) in [7, 11) is 2.18. The third-order valence-corrected chi connectivity index (χ3v) is 6.32. The highest BCUT2D eigenvalue weighted by Crippen LogP contribution is 2.35. The van der Waals surface area contributed by atoms with E-state index in [4.69, 9.17) is 16.6 Å². The normalized spacial score (nSPS) is 13.5. The summed E-state index contributed by atoms with van der Waals surface area (Å²) in [4.78, 5) is 11.6. The summed E-state index contributed by atoms with van der Waals surface area (Å²) < 4.78 is 2.14. The van der Waals surface area contributed by atoms with Crippen molar-refractivity contribution in [2.45, 2.75) is 52.0 Å². The van der Waals surface area contributed by atoms with Crippen LogP contribution in [0.15, 0.2) is 48.9 Å². The first-order valence-corrected chi connectivity index (χ1v) is 11.0. The molecule has 1 atom stereocenters. The van der Waals surface area contributed by atoms with Gasteiger partial charge in [0.25, 0.3) is 0 Å². The zero-order valence-corrected chi connectivity index (χ0v) is 19.0. The van der Waals surface area contributed by atoms with E-state index in [2.05, 4.69) is 42.3 Å². The molecule has 2 heterocycles. The van der Waals surface area contributed by atoms with Crippen LogP contribution in [0.3, 0.4) is 0 Å². The largest absolute Gasteiger partial charge is 0.506 e. The smallest absolute Gasteiger partial charge is 0.134 e. The number of benzene rings is 1. The van der Waals surface area contributed by atoms with Crippen molar-refractivity contribution in [3.63, 3.8) is 0 Å². The average Bonchev–Trinajstić information content (AvgIpc) is 3.22. The Morgan fingerprint density at radius 3 is 2.50 bits per heavy atom. The van der Waals surface area contributed by atoms with Crippen molar-refractivity contribution in [2.24, 2.45) is 0 Å². The molecule has 1 unspecified atom stereocenters. The van der Waals surface area contributed by atoms with Gasteiger partial charge in [-0.1, -0.05) is 44.4 Å². The van der Waals surface area contributed by atoms with E-state index in [0.29, 0.717) is 5.02 Å². The second kappa shape index (κ2) is 9.63. The van der Waals surface area contributed by atoms with Gasteiger partial charge in [0.05, 0.1) is 16.3 Å². The van der Waals surface area contributed by atoms with Gasteiger partial charge in [0.2, 0.25) is 0 Å². The summed E-state index contributed by atoms with van der Waals surface area (Å²) in [5.41, 5.74) is 2.40. The second-order valence-electron chi connectivity index (χ2n) is 7.95. The molecule has 0 saturated heterocycles. The molecule has 160 valence electrons. The first kappa shape index (κ1) is 22.3. The monoisotopic (exact) mass is 426 g/mol. The van der Waals surface area contributed by atoms with Crippen LogP contribution < -0.4 is 0 Å². The Labute approximate surface area is 184 Å². The minimum absolute atomic E-state index is 0.0594. The van der Waals surface area contributed by atoms with Crippen molar-refractivity contribution in [1.29, 1.82) is 0 Å². The van der Waals surface area contributed by atoms with Crippen LogP contribution in [0.1, 0.15) is 52.3 Å². The maximum absolute atomic E-state index is 10.1. The number of rotatable bonds is 9. The van der Waals surface area contributed by atoms with Gasteiger partial charge in [-0.05, 0) is 57.6 Å². The van der Waals surface area contributed by atoms with E-state index in [1.54, 1.807) is 24.5 Å². The number of pyridine rings is 1. The number of phenolic OH excluding ortho intramolecular Hbond substituents is 1. The van der Waals surface area contributed by atoms with Crippen molar-refractivity contribution < 1.29 is 5.11 Å². The summed E-state index contributed by atoms with van der Waals surface area (Å²) in [6, 6.07) is 9.23. The van der Waals surface area contributed by atoms with Gasteiger partial charge in [-0.3, -0.25) is 9.88 Å². The lowest BCUT2D eigenvalue weighted by Gasteiger charge is -2.38. The Morgan fingerprint density at radius 2 is 1.87 bits per heavy atom. The number of hydrogen-bond donors (Lipinski definition) is 1. The van der Waals surface area contributed by atoms with Gasteiger partial charge >= 0.3 is 0 Å². The van der Waals surface area contributed by atoms with E-state index < -0.39 is 0 Å². The molecule has 0 bridgehead atoms. The van der Waals surface area contributed by atoms with E-state index in [0.717, 1.165) is 42.2 Å². The van der Waals surface area contributed by atoms with Crippen LogP contribution in [-0.4, -0.2) is 38.1 Å². The third-order valence-electron chi connectivity index (χ3n) is 6.00. The van der Waals surface area contributed by atoms with Crippen molar-refractivity contribution in [1.82, 2.24) is 19.4 Å². The second-order valence-corrected chi connectivity index (χ2v) is 8.35. The number of imidazole rings is 1. The van der Waals surface area contributed by atoms with Crippen LogP contribution in [0.25, 0.3) is 16.9 Å². The molecule has 0 aliphatic rings. The average molecular weight is 427 g/mol. The van der Waals surface area contributed by atoms with Crippen LogP contribution in [-0.2, 0) is 5.54 Å². The quantitative estimate of drug-likeness (QED) is 0.424. The molecule has 0 aliphatic carbocycles. The molecular weight excluding hydrogens is 396 g/mol. The van der Waals surface area contributed by atoms with Gasteiger partial charge in [-0.15, -0.1) is 0 Å². The van der Waals surface area contributed by atoms with E-state index in [1.165, 1.54) is 12.8 Å². The molecule has 0 radical (unpaired) electrons. The number of aromatic hydroxyl groups is 1. The summed E-state index contributed by atoms with van der Waals surface area (Å²) in [5.74, 6) is 1.03. The molecule has 1 N–H and O–H groups in total. The van der Waals surface area contributed by atoms with Crippen LogP contribution >= 0.6 is 11.6 Å². The molecule has 3 rings (SSSR count). The number of halogens is 1. The standard InChI is InChI=1S/C24H31ClN4O/c1-5-7-8-15-28(4)24(3,6-2)23-27-21(18-9-10-20(25)22(30)16-18)17-29(23)19-11-13-26-14-12-19/h9-14,16-17,30H,5-8,15H2,1-4H3. The molecule has 6 heteroatoms. The first-order chi connectivity index (χ1) is 14.4. The number of phenols is 1. The Morgan fingerprint density at radius 1 is 1.13 bits per heavy atom. The minimum Gasteiger partial charge on any atom is -0.506 e. The lowest BCUT2D eigenvalue weighted by molar-refractivity contribution is 0.117. The zero-order chi connectivity index (χ0) is 21.7. The lowest BCUT2D eigenvalue weighted by atomic mass is 9.95. The van der Waals surface area contributed by atoms with Gasteiger partial charge in [-0.25, -0.2) is 4.98 Å².